The third-order valence-corrected chi connectivity index (χ3v) is 0. The first-order chi connectivity index (χ1) is 6.93. The molecule has 0 aromatic heterocycles. The number of hydrogen-bond donors (Lipinski definition) is 12. The SMILES string of the molecule is OB(O)O.OB(O)O.OB(O)O.OB(O)O.[Pb]. The molecular weight excluding hydrogens is 442 g/mol. The van der Waals surface area contributed by atoms with Crippen molar-refractivity contribution >= 4 is 56.6 Å². The molecule has 0 rings (SSSR count). The molecule has 0 atom stereocenters. The van der Waals surface area contributed by atoms with Gasteiger partial charge in [-0.1, -0.05) is 0 Å². The Morgan fingerprint density at radius 1 is 0.294 bits per heavy atom. The standard InChI is InChI=1S/4BH3O3.Pb/c4*2-1(3)4;/h4*2-4H;. The molecule has 0 aliphatic heterocycles. The van der Waals surface area contributed by atoms with Gasteiger partial charge in [0, 0.05) is 27.3 Å². The zero-order valence-electron chi connectivity index (χ0n) is 8.18. The van der Waals surface area contributed by atoms with E-state index >= 15 is 0 Å². The number of rotatable bonds is 0. The van der Waals surface area contributed by atoms with Crippen LogP contribution in [0.5, 0.6) is 0 Å². The summed E-state index contributed by atoms with van der Waals surface area (Å²) in [6.07, 6.45) is 0. The summed E-state index contributed by atoms with van der Waals surface area (Å²) in [5.74, 6) is 0. The molecule has 0 bridgehead atoms. The predicted molar refractivity (Wildman–Crippen MR) is 55.4 cm³/mol. The molecule has 0 unspecified atom stereocenters. The van der Waals surface area contributed by atoms with Gasteiger partial charge in [-0.25, -0.2) is 0 Å². The summed E-state index contributed by atoms with van der Waals surface area (Å²) >= 11 is 0. The predicted octanol–water partition coefficient (Wildman–Crippen LogP) is -8.59. The molecule has 0 amide bonds. The van der Waals surface area contributed by atoms with Crippen LogP contribution in [0.4, 0.5) is 0 Å². The molecule has 17 heavy (non-hydrogen) atoms. The maximum Gasteiger partial charge on any atom is 0.631 e. The molecule has 0 spiro atoms. The molecule has 0 saturated heterocycles. The summed E-state index contributed by atoms with van der Waals surface area (Å²) in [7, 11) is -8.67. The van der Waals surface area contributed by atoms with Crippen molar-refractivity contribution < 1.29 is 60.3 Å². The van der Waals surface area contributed by atoms with Crippen LogP contribution in [0.1, 0.15) is 0 Å². The molecule has 0 aliphatic carbocycles. The van der Waals surface area contributed by atoms with Crippen LogP contribution in [0.25, 0.3) is 0 Å². The first kappa shape index (κ1) is 30.6. The average Bonchev–Trinajstić information content (AvgIpc) is 1.76. The van der Waals surface area contributed by atoms with E-state index in [4.69, 9.17) is 60.3 Å². The van der Waals surface area contributed by atoms with E-state index in [1.165, 1.54) is 0 Å². The van der Waals surface area contributed by atoms with Gasteiger partial charge in [-0.2, -0.15) is 0 Å². The Bertz CT molecular complexity index is 61.5. The van der Waals surface area contributed by atoms with E-state index < -0.39 is 29.3 Å². The van der Waals surface area contributed by atoms with E-state index in [0.29, 0.717) is 0 Å². The molecule has 0 fully saturated rings. The van der Waals surface area contributed by atoms with Gasteiger partial charge in [-0.05, 0) is 0 Å². The minimum atomic E-state index is -2.17. The van der Waals surface area contributed by atoms with Crippen LogP contribution in [0.15, 0.2) is 0 Å². The van der Waals surface area contributed by atoms with Crippen LogP contribution in [-0.4, -0.2) is 117 Å². The van der Waals surface area contributed by atoms with Crippen LogP contribution in [-0.2, 0) is 0 Å². The third-order valence-electron chi connectivity index (χ3n) is 0. The molecule has 12 nitrogen and oxygen atoms in total. The zero-order valence-corrected chi connectivity index (χ0v) is 12.1. The Morgan fingerprint density at radius 3 is 0.294 bits per heavy atom. The van der Waals surface area contributed by atoms with Gasteiger partial charge in [0.25, 0.3) is 0 Å². The molecule has 17 heteroatoms. The second-order valence-corrected chi connectivity index (χ2v) is 1.39. The van der Waals surface area contributed by atoms with Gasteiger partial charge in [0.2, 0.25) is 0 Å². The fraction of sp³-hybridized carbons (Fsp3) is 0. The van der Waals surface area contributed by atoms with Gasteiger partial charge >= 0.3 is 29.3 Å². The summed E-state index contributed by atoms with van der Waals surface area (Å²) < 4.78 is 0. The Balaban J connectivity index is -0.0000000369. The molecule has 0 heterocycles. The van der Waals surface area contributed by atoms with Crippen LogP contribution >= 0.6 is 0 Å². The van der Waals surface area contributed by atoms with Crippen LogP contribution in [0, 0.1) is 0 Å². The molecule has 4 radical (unpaired) electrons. The Kier molecular flexibility index (Phi) is 46.0. The van der Waals surface area contributed by atoms with Crippen molar-refractivity contribution in [3.8, 4) is 0 Å². The average molecular weight is 455 g/mol. The van der Waals surface area contributed by atoms with Crippen LogP contribution in [0.2, 0.25) is 0 Å². The quantitative estimate of drug-likeness (QED) is 0.153. The fourth-order valence-corrected chi connectivity index (χ4v) is 0. The summed E-state index contributed by atoms with van der Waals surface area (Å²) in [6, 6.07) is 0. The first-order valence-electron chi connectivity index (χ1n) is 3.10. The fourth-order valence-electron chi connectivity index (χ4n) is 0. The molecule has 0 saturated carbocycles. The topological polar surface area (TPSA) is 243 Å². The summed E-state index contributed by atoms with van der Waals surface area (Å²) in [5.41, 5.74) is 0. The number of hydrogen-bond acceptors (Lipinski definition) is 12. The monoisotopic (exact) mass is 456 g/mol. The minimum Gasteiger partial charge on any atom is -0.402 e. The molecule has 12 N–H and O–H groups in total. The van der Waals surface area contributed by atoms with Gasteiger partial charge < -0.3 is 60.3 Å². The van der Waals surface area contributed by atoms with Crippen molar-refractivity contribution in [1.29, 1.82) is 0 Å². The van der Waals surface area contributed by atoms with Crippen molar-refractivity contribution in [3.63, 3.8) is 0 Å². The second kappa shape index (κ2) is 25.5. The van der Waals surface area contributed by atoms with Gasteiger partial charge in [0.15, 0.2) is 0 Å². The van der Waals surface area contributed by atoms with Crippen LogP contribution in [0.3, 0.4) is 0 Å². The maximum absolute atomic E-state index is 7.17. The summed E-state index contributed by atoms with van der Waals surface area (Å²) in [6.45, 7) is 0. The van der Waals surface area contributed by atoms with E-state index in [1.807, 2.05) is 0 Å². The normalized spacial score (nSPS) is 6.35. The van der Waals surface area contributed by atoms with Crippen molar-refractivity contribution in [2.24, 2.45) is 0 Å². The maximum atomic E-state index is 7.17. The van der Waals surface area contributed by atoms with Crippen molar-refractivity contribution in [2.45, 2.75) is 0 Å². The van der Waals surface area contributed by atoms with E-state index in [0.717, 1.165) is 0 Å². The van der Waals surface area contributed by atoms with E-state index in [1.54, 1.807) is 0 Å². The Hall–Kier alpha value is 0.702. The molecule has 100 valence electrons. The summed E-state index contributed by atoms with van der Waals surface area (Å²) in [4.78, 5) is 0. The van der Waals surface area contributed by atoms with Gasteiger partial charge in [0.1, 0.15) is 0 Å². The van der Waals surface area contributed by atoms with Crippen LogP contribution < -0.4 is 0 Å². The van der Waals surface area contributed by atoms with Crippen molar-refractivity contribution in [2.75, 3.05) is 0 Å². The first-order valence-corrected chi connectivity index (χ1v) is 3.10. The Labute approximate surface area is 117 Å². The molecular formula is H12B4O12Pb. The second-order valence-electron chi connectivity index (χ2n) is 1.39. The Morgan fingerprint density at radius 2 is 0.294 bits per heavy atom. The van der Waals surface area contributed by atoms with Gasteiger partial charge in [0.05, 0.1) is 0 Å². The molecule has 0 aromatic rings. The third kappa shape index (κ3) is 7330. The molecule has 0 aliphatic rings. The van der Waals surface area contributed by atoms with Crippen molar-refractivity contribution in [3.05, 3.63) is 0 Å². The van der Waals surface area contributed by atoms with Crippen molar-refractivity contribution in [1.82, 2.24) is 0 Å². The van der Waals surface area contributed by atoms with E-state index in [-0.39, 0.29) is 27.3 Å². The zero-order chi connectivity index (χ0) is 14.3. The minimum absolute atomic E-state index is 0. The largest absolute Gasteiger partial charge is 0.631 e. The van der Waals surface area contributed by atoms with Gasteiger partial charge in [-0.15, -0.1) is 0 Å². The van der Waals surface area contributed by atoms with E-state index in [9.17, 15) is 0 Å². The molecule has 0 aromatic carbocycles. The summed E-state index contributed by atoms with van der Waals surface area (Å²) in [5, 5.41) is 86.0. The smallest absolute Gasteiger partial charge is 0.402 e. The van der Waals surface area contributed by atoms with E-state index in [2.05, 4.69) is 0 Å². The van der Waals surface area contributed by atoms with Gasteiger partial charge in [-0.3, -0.25) is 0 Å².